The molecule has 0 aliphatic carbocycles. The number of rotatable bonds is 7. The lowest BCUT2D eigenvalue weighted by atomic mass is 10.2. The molecule has 0 fully saturated rings. The Morgan fingerprint density at radius 1 is 1.12 bits per heavy atom. The average molecular weight is 220 g/mol. The van der Waals surface area contributed by atoms with E-state index in [1.165, 1.54) is 0 Å². The van der Waals surface area contributed by atoms with E-state index in [1.54, 1.807) is 0 Å². The van der Waals surface area contributed by atoms with Gasteiger partial charge in [-0.1, -0.05) is 36.8 Å². The number of hydrogen-bond acceptors (Lipinski definition) is 2. The zero-order valence-corrected chi connectivity index (χ0v) is 9.45. The van der Waals surface area contributed by atoms with Crippen LogP contribution >= 0.6 is 0 Å². The Bertz CT molecular complexity index is 298. The summed E-state index contributed by atoms with van der Waals surface area (Å²) in [7, 11) is 0. The smallest absolute Gasteiger partial charge is 0.306 e. The Kier molecular flexibility index (Phi) is 6.26. The SMILES string of the molecule is [NH]CCCCCC(=O)OCc1ccccc1. The molecule has 1 radical (unpaired) electrons. The van der Waals surface area contributed by atoms with E-state index in [4.69, 9.17) is 10.5 Å². The van der Waals surface area contributed by atoms with Crippen molar-refractivity contribution in [3.05, 3.63) is 35.9 Å². The predicted molar refractivity (Wildman–Crippen MR) is 62.7 cm³/mol. The first-order chi connectivity index (χ1) is 7.83. The maximum absolute atomic E-state index is 11.3. The van der Waals surface area contributed by atoms with E-state index >= 15 is 0 Å². The number of hydrogen-bond donors (Lipinski definition) is 0. The summed E-state index contributed by atoms with van der Waals surface area (Å²) in [5.74, 6) is -0.145. The van der Waals surface area contributed by atoms with Gasteiger partial charge in [0.1, 0.15) is 6.61 Å². The van der Waals surface area contributed by atoms with E-state index in [-0.39, 0.29) is 5.97 Å². The summed E-state index contributed by atoms with van der Waals surface area (Å²) in [5.41, 5.74) is 7.98. The number of nitrogens with one attached hydrogen (secondary N) is 1. The topological polar surface area (TPSA) is 50.1 Å². The van der Waals surface area contributed by atoms with Gasteiger partial charge in [0.25, 0.3) is 0 Å². The van der Waals surface area contributed by atoms with E-state index in [1.807, 2.05) is 30.3 Å². The molecule has 0 spiro atoms. The number of ether oxygens (including phenoxy) is 1. The van der Waals surface area contributed by atoms with E-state index in [2.05, 4.69) is 0 Å². The van der Waals surface area contributed by atoms with Crippen molar-refractivity contribution in [3.8, 4) is 0 Å². The van der Waals surface area contributed by atoms with Crippen molar-refractivity contribution in [3.63, 3.8) is 0 Å². The van der Waals surface area contributed by atoms with Gasteiger partial charge >= 0.3 is 5.97 Å². The molecule has 0 aliphatic rings. The molecule has 16 heavy (non-hydrogen) atoms. The largest absolute Gasteiger partial charge is 0.461 e. The second-order valence-electron chi connectivity index (χ2n) is 3.71. The van der Waals surface area contributed by atoms with Crippen molar-refractivity contribution in [1.29, 1.82) is 0 Å². The fourth-order valence-electron chi connectivity index (χ4n) is 1.38. The van der Waals surface area contributed by atoms with Crippen LogP contribution in [-0.4, -0.2) is 12.5 Å². The van der Waals surface area contributed by atoms with Crippen molar-refractivity contribution < 1.29 is 9.53 Å². The van der Waals surface area contributed by atoms with Crippen molar-refractivity contribution in [1.82, 2.24) is 5.73 Å². The number of carbonyl (C=O) groups is 1. The van der Waals surface area contributed by atoms with Crippen molar-refractivity contribution in [2.75, 3.05) is 6.54 Å². The molecule has 1 rings (SSSR count). The third-order valence-corrected chi connectivity index (χ3v) is 2.30. The Balaban J connectivity index is 2.11. The minimum Gasteiger partial charge on any atom is -0.461 e. The van der Waals surface area contributed by atoms with Gasteiger partial charge in [0, 0.05) is 13.0 Å². The highest BCUT2D eigenvalue weighted by atomic mass is 16.5. The quantitative estimate of drug-likeness (QED) is 0.524. The summed E-state index contributed by atoms with van der Waals surface area (Å²) < 4.78 is 5.12. The second kappa shape index (κ2) is 7.88. The van der Waals surface area contributed by atoms with Gasteiger partial charge in [0.15, 0.2) is 0 Å². The van der Waals surface area contributed by atoms with Crippen LogP contribution in [0.1, 0.15) is 31.2 Å². The lowest BCUT2D eigenvalue weighted by Gasteiger charge is -2.04. The first-order valence-electron chi connectivity index (χ1n) is 5.67. The van der Waals surface area contributed by atoms with Gasteiger partial charge in [-0.3, -0.25) is 10.5 Å². The third kappa shape index (κ3) is 5.51. The van der Waals surface area contributed by atoms with Gasteiger partial charge in [0.05, 0.1) is 0 Å². The van der Waals surface area contributed by atoms with E-state index in [0.717, 1.165) is 24.8 Å². The van der Waals surface area contributed by atoms with Crippen LogP contribution in [0.5, 0.6) is 0 Å². The van der Waals surface area contributed by atoms with Crippen molar-refractivity contribution in [2.24, 2.45) is 0 Å². The van der Waals surface area contributed by atoms with Gasteiger partial charge in [0.2, 0.25) is 0 Å². The van der Waals surface area contributed by atoms with Crippen LogP contribution in [-0.2, 0) is 16.1 Å². The molecular weight excluding hydrogens is 202 g/mol. The van der Waals surface area contributed by atoms with Crippen LogP contribution in [0, 0.1) is 0 Å². The van der Waals surface area contributed by atoms with Gasteiger partial charge < -0.3 is 4.74 Å². The molecule has 0 atom stereocenters. The monoisotopic (exact) mass is 220 g/mol. The lowest BCUT2D eigenvalue weighted by Crippen LogP contribution is -2.04. The maximum Gasteiger partial charge on any atom is 0.306 e. The molecule has 3 nitrogen and oxygen atoms in total. The second-order valence-corrected chi connectivity index (χ2v) is 3.71. The van der Waals surface area contributed by atoms with Crippen molar-refractivity contribution >= 4 is 5.97 Å². The first-order valence-corrected chi connectivity index (χ1v) is 5.67. The molecule has 0 unspecified atom stereocenters. The van der Waals surface area contributed by atoms with Gasteiger partial charge in [-0.2, -0.15) is 0 Å². The first kappa shape index (κ1) is 12.7. The molecule has 0 heterocycles. The van der Waals surface area contributed by atoms with Crippen LogP contribution in [0.4, 0.5) is 0 Å². The molecule has 0 saturated heterocycles. The van der Waals surface area contributed by atoms with Crippen LogP contribution in [0.3, 0.4) is 0 Å². The number of unbranched alkanes of at least 4 members (excludes halogenated alkanes) is 2. The van der Waals surface area contributed by atoms with Crippen LogP contribution in [0.2, 0.25) is 0 Å². The standard InChI is InChI=1S/C13H18NO2/c14-10-6-2-5-9-13(15)16-11-12-7-3-1-4-8-12/h1,3-4,7-8,14H,2,5-6,9-11H2. The fourth-order valence-corrected chi connectivity index (χ4v) is 1.38. The third-order valence-electron chi connectivity index (χ3n) is 2.30. The summed E-state index contributed by atoms with van der Waals surface area (Å²) in [6.07, 6.45) is 3.09. The Morgan fingerprint density at radius 2 is 1.88 bits per heavy atom. The molecular formula is C13H18NO2. The number of carbonyl (C=O) groups excluding carboxylic acids is 1. The zero-order chi connectivity index (χ0) is 11.6. The normalized spacial score (nSPS) is 10.1. The van der Waals surface area contributed by atoms with E-state index < -0.39 is 0 Å². The maximum atomic E-state index is 11.3. The minimum absolute atomic E-state index is 0.145. The number of esters is 1. The van der Waals surface area contributed by atoms with Crippen LogP contribution in [0.25, 0.3) is 0 Å². The molecule has 1 aromatic carbocycles. The summed E-state index contributed by atoms with van der Waals surface area (Å²) >= 11 is 0. The van der Waals surface area contributed by atoms with Gasteiger partial charge in [-0.15, -0.1) is 0 Å². The predicted octanol–water partition coefficient (Wildman–Crippen LogP) is 2.57. The van der Waals surface area contributed by atoms with Crippen LogP contribution < -0.4 is 5.73 Å². The summed E-state index contributed by atoms with van der Waals surface area (Å²) in [5, 5.41) is 0. The average Bonchev–Trinajstić information content (AvgIpc) is 2.33. The Hall–Kier alpha value is -1.35. The van der Waals surface area contributed by atoms with Crippen LogP contribution in [0.15, 0.2) is 30.3 Å². The highest BCUT2D eigenvalue weighted by Crippen LogP contribution is 2.04. The molecule has 1 aromatic rings. The Morgan fingerprint density at radius 3 is 2.56 bits per heavy atom. The number of benzene rings is 1. The molecule has 1 N–H and O–H groups in total. The van der Waals surface area contributed by atoms with E-state index in [9.17, 15) is 4.79 Å². The molecule has 0 aliphatic heterocycles. The summed E-state index contributed by atoms with van der Waals surface area (Å²) in [6, 6.07) is 9.67. The molecule has 3 heteroatoms. The molecule has 0 bridgehead atoms. The minimum atomic E-state index is -0.145. The highest BCUT2D eigenvalue weighted by Gasteiger charge is 2.02. The van der Waals surface area contributed by atoms with Crippen molar-refractivity contribution in [2.45, 2.75) is 32.3 Å². The van der Waals surface area contributed by atoms with Gasteiger partial charge in [-0.05, 0) is 18.4 Å². The summed E-state index contributed by atoms with van der Waals surface area (Å²) in [6.45, 7) is 0.803. The molecule has 0 amide bonds. The molecule has 0 aromatic heterocycles. The molecule has 87 valence electrons. The molecule has 0 saturated carbocycles. The highest BCUT2D eigenvalue weighted by molar-refractivity contribution is 5.69. The summed E-state index contributed by atoms with van der Waals surface area (Å²) in [4.78, 5) is 11.3. The van der Waals surface area contributed by atoms with E-state index in [0.29, 0.717) is 19.6 Å². The van der Waals surface area contributed by atoms with Gasteiger partial charge in [-0.25, -0.2) is 0 Å². The Labute approximate surface area is 96.6 Å². The zero-order valence-electron chi connectivity index (χ0n) is 9.45. The fraction of sp³-hybridized carbons (Fsp3) is 0.462. The lowest BCUT2D eigenvalue weighted by molar-refractivity contribution is -0.145.